The van der Waals surface area contributed by atoms with Gasteiger partial charge in [0.15, 0.2) is 11.5 Å². The average Bonchev–Trinajstić information content (AvgIpc) is 2.60. The van der Waals surface area contributed by atoms with Gasteiger partial charge in [0, 0.05) is 0 Å². The maximum Gasteiger partial charge on any atom is 0.179 e. The highest BCUT2D eigenvalue weighted by Gasteiger charge is 2.13. The lowest BCUT2D eigenvalue weighted by atomic mass is 10.0. The molecule has 0 atom stereocenters. The van der Waals surface area contributed by atoms with Crippen LogP contribution < -0.4 is 19.9 Å². The molecule has 0 aromatic heterocycles. The van der Waals surface area contributed by atoms with Gasteiger partial charge in [-0.25, -0.2) is 0 Å². The highest BCUT2D eigenvalue weighted by Crippen LogP contribution is 2.37. The first-order valence-corrected chi connectivity index (χ1v) is 9.85. The fraction of sp³-hybridized carbons (Fsp3) is 0.455. The van der Waals surface area contributed by atoms with Gasteiger partial charge in [0.2, 0.25) is 0 Å². The Kier molecular flexibility index (Phi) is 8.26. The molecule has 4 nitrogen and oxygen atoms in total. The van der Waals surface area contributed by atoms with Gasteiger partial charge >= 0.3 is 0 Å². The van der Waals surface area contributed by atoms with Gasteiger partial charge < -0.3 is 19.9 Å². The van der Waals surface area contributed by atoms with Crippen LogP contribution in [0.4, 0.5) is 0 Å². The van der Waals surface area contributed by atoms with Crippen molar-refractivity contribution in [1.82, 2.24) is 0 Å². The number of hydrogen-bond acceptors (Lipinski definition) is 4. The molecule has 27 heavy (non-hydrogen) atoms. The van der Waals surface area contributed by atoms with Crippen LogP contribution in [0.5, 0.6) is 17.2 Å². The second kappa shape index (κ2) is 10.4. The van der Waals surface area contributed by atoms with Gasteiger partial charge in [-0.1, -0.05) is 37.6 Å². The summed E-state index contributed by atoms with van der Waals surface area (Å²) in [6, 6.07) is 10.1. The van der Waals surface area contributed by atoms with E-state index in [0.717, 1.165) is 17.7 Å². The SMILES string of the molecule is CCOc1cc(CCN)cc(Cl)c1OCCOc1cc(C)ccc1C(C)C. The Bertz CT molecular complexity index is 747. The van der Waals surface area contributed by atoms with Crippen molar-refractivity contribution in [3.05, 3.63) is 52.0 Å². The van der Waals surface area contributed by atoms with Gasteiger partial charge in [-0.2, -0.15) is 0 Å². The van der Waals surface area contributed by atoms with Crippen LogP contribution in [0.3, 0.4) is 0 Å². The molecule has 0 amide bonds. The van der Waals surface area contributed by atoms with Crippen LogP contribution in [0.15, 0.2) is 30.3 Å². The molecule has 0 spiro atoms. The van der Waals surface area contributed by atoms with Crippen molar-refractivity contribution in [2.75, 3.05) is 26.4 Å². The molecule has 0 aliphatic rings. The Labute approximate surface area is 167 Å². The third-order valence-corrected chi connectivity index (χ3v) is 4.46. The number of benzene rings is 2. The predicted octanol–water partition coefficient (Wildman–Crippen LogP) is 5.13. The van der Waals surface area contributed by atoms with Crippen LogP contribution in [-0.4, -0.2) is 26.4 Å². The van der Waals surface area contributed by atoms with Crippen LogP contribution in [0.2, 0.25) is 5.02 Å². The lowest BCUT2D eigenvalue weighted by Crippen LogP contribution is -2.12. The quantitative estimate of drug-likeness (QED) is 0.570. The molecule has 2 aromatic carbocycles. The number of nitrogens with two attached hydrogens (primary N) is 1. The van der Waals surface area contributed by atoms with E-state index in [4.69, 9.17) is 31.5 Å². The number of ether oxygens (including phenoxy) is 3. The molecule has 2 aromatic rings. The van der Waals surface area contributed by atoms with Crippen molar-refractivity contribution >= 4 is 11.6 Å². The van der Waals surface area contributed by atoms with Crippen LogP contribution in [0.1, 0.15) is 43.4 Å². The molecule has 0 saturated carbocycles. The maximum absolute atomic E-state index is 6.40. The molecule has 2 rings (SSSR count). The smallest absolute Gasteiger partial charge is 0.179 e. The Hall–Kier alpha value is -1.91. The van der Waals surface area contributed by atoms with Gasteiger partial charge in [0.1, 0.15) is 19.0 Å². The molecule has 5 heteroatoms. The topological polar surface area (TPSA) is 53.7 Å². The van der Waals surface area contributed by atoms with Crippen LogP contribution in [0.25, 0.3) is 0 Å². The van der Waals surface area contributed by atoms with E-state index in [0.29, 0.717) is 48.8 Å². The fourth-order valence-corrected chi connectivity index (χ4v) is 3.16. The molecular weight excluding hydrogens is 362 g/mol. The van der Waals surface area contributed by atoms with Crippen molar-refractivity contribution in [2.24, 2.45) is 5.73 Å². The summed E-state index contributed by atoms with van der Waals surface area (Å²) in [5.41, 5.74) is 9.04. The van der Waals surface area contributed by atoms with E-state index in [9.17, 15) is 0 Å². The standard InChI is InChI=1S/C22H30ClNO3/c1-5-25-21-14-17(8-9-24)13-19(23)22(21)27-11-10-26-20-12-16(4)6-7-18(20)15(2)3/h6-7,12-15H,5,8-11,24H2,1-4H3. The molecule has 2 N–H and O–H groups in total. The van der Waals surface area contributed by atoms with Gasteiger partial charge in [0.05, 0.1) is 11.6 Å². The highest BCUT2D eigenvalue weighted by molar-refractivity contribution is 6.32. The molecule has 0 aliphatic carbocycles. The molecule has 0 bridgehead atoms. The summed E-state index contributed by atoms with van der Waals surface area (Å²) in [4.78, 5) is 0. The zero-order valence-corrected chi connectivity index (χ0v) is 17.4. The van der Waals surface area contributed by atoms with Crippen molar-refractivity contribution in [1.29, 1.82) is 0 Å². The Morgan fingerprint density at radius 3 is 2.41 bits per heavy atom. The largest absolute Gasteiger partial charge is 0.490 e. The van der Waals surface area contributed by atoms with Crippen molar-refractivity contribution in [2.45, 2.75) is 40.0 Å². The van der Waals surface area contributed by atoms with E-state index >= 15 is 0 Å². The van der Waals surface area contributed by atoms with Crippen LogP contribution in [0, 0.1) is 6.92 Å². The first-order valence-electron chi connectivity index (χ1n) is 9.47. The molecule has 0 unspecified atom stereocenters. The Morgan fingerprint density at radius 1 is 1.00 bits per heavy atom. The van der Waals surface area contributed by atoms with Crippen LogP contribution >= 0.6 is 11.6 Å². The van der Waals surface area contributed by atoms with Crippen molar-refractivity contribution in [3.63, 3.8) is 0 Å². The third-order valence-electron chi connectivity index (χ3n) is 4.18. The van der Waals surface area contributed by atoms with Crippen LogP contribution in [-0.2, 0) is 6.42 Å². The van der Waals surface area contributed by atoms with E-state index < -0.39 is 0 Å². The molecule has 0 saturated heterocycles. The van der Waals surface area contributed by atoms with E-state index in [2.05, 4.69) is 39.0 Å². The van der Waals surface area contributed by atoms with Gasteiger partial charge in [-0.15, -0.1) is 0 Å². The summed E-state index contributed by atoms with van der Waals surface area (Å²) in [5.74, 6) is 2.50. The molecule has 0 heterocycles. The monoisotopic (exact) mass is 391 g/mol. The lowest BCUT2D eigenvalue weighted by Gasteiger charge is -2.17. The van der Waals surface area contributed by atoms with Gasteiger partial charge in [0.25, 0.3) is 0 Å². The summed E-state index contributed by atoms with van der Waals surface area (Å²) >= 11 is 6.40. The first kappa shape index (κ1) is 21.4. The minimum Gasteiger partial charge on any atom is -0.490 e. The van der Waals surface area contributed by atoms with Gasteiger partial charge in [-0.3, -0.25) is 0 Å². The Morgan fingerprint density at radius 2 is 1.74 bits per heavy atom. The second-order valence-corrected chi connectivity index (χ2v) is 7.18. The Balaban J connectivity index is 2.04. The normalized spacial score (nSPS) is 10.9. The maximum atomic E-state index is 6.40. The third kappa shape index (κ3) is 6.05. The van der Waals surface area contributed by atoms with E-state index in [1.165, 1.54) is 11.1 Å². The number of aryl methyl sites for hydroxylation is 1. The van der Waals surface area contributed by atoms with Gasteiger partial charge in [-0.05, 0) is 67.6 Å². The van der Waals surface area contributed by atoms with Crippen molar-refractivity contribution < 1.29 is 14.2 Å². The van der Waals surface area contributed by atoms with E-state index in [-0.39, 0.29) is 0 Å². The molecule has 0 radical (unpaired) electrons. The number of rotatable bonds is 10. The lowest BCUT2D eigenvalue weighted by molar-refractivity contribution is 0.207. The molecule has 148 valence electrons. The minimum atomic E-state index is 0.376. The number of hydrogen-bond donors (Lipinski definition) is 1. The summed E-state index contributed by atoms with van der Waals surface area (Å²) in [6.07, 6.45) is 0.745. The summed E-state index contributed by atoms with van der Waals surface area (Å²) in [5, 5.41) is 0.530. The second-order valence-electron chi connectivity index (χ2n) is 6.77. The molecular formula is C22H30ClNO3. The minimum absolute atomic E-state index is 0.376. The molecule has 0 aliphatic heterocycles. The van der Waals surface area contributed by atoms with Crippen molar-refractivity contribution in [3.8, 4) is 17.2 Å². The van der Waals surface area contributed by atoms with E-state index in [1.54, 1.807) is 0 Å². The first-order chi connectivity index (χ1) is 13.0. The summed E-state index contributed by atoms with van der Waals surface area (Å²) in [6.45, 7) is 10.2. The summed E-state index contributed by atoms with van der Waals surface area (Å²) in [7, 11) is 0. The zero-order chi connectivity index (χ0) is 19.8. The average molecular weight is 392 g/mol. The zero-order valence-electron chi connectivity index (χ0n) is 16.7. The number of halogens is 1. The molecule has 0 fully saturated rings. The van der Waals surface area contributed by atoms with E-state index in [1.807, 2.05) is 19.1 Å². The summed E-state index contributed by atoms with van der Waals surface area (Å²) < 4.78 is 17.6. The predicted molar refractivity (Wildman–Crippen MR) is 112 cm³/mol. The fourth-order valence-electron chi connectivity index (χ4n) is 2.87. The highest BCUT2D eigenvalue weighted by atomic mass is 35.5.